The summed E-state index contributed by atoms with van der Waals surface area (Å²) in [6.07, 6.45) is 0. The average molecular weight is 418 g/mol. The number of nitrogens with one attached hydrogen (secondary N) is 2. The Morgan fingerprint density at radius 1 is 1.00 bits per heavy atom. The summed E-state index contributed by atoms with van der Waals surface area (Å²) in [7, 11) is 0.248. The van der Waals surface area contributed by atoms with Crippen molar-refractivity contribution in [3.05, 3.63) is 59.2 Å². The van der Waals surface area contributed by atoms with E-state index in [-0.39, 0.29) is 16.8 Å². The third-order valence-electron chi connectivity index (χ3n) is 5.09. The van der Waals surface area contributed by atoms with Crippen LogP contribution in [-0.4, -0.2) is 45.9 Å². The molecule has 158 valence electrons. The van der Waals surface area contributed by atoms with Crippen LogP contribution in [0.2, 0.25) is 0 Å². The predicted octanol–water partition coefficient (Wildman–Crippen LogP) is 3.42. The minimum Gasteiger partial charge on any atom is -0.350 e. The summed E-state index contributed by atoms with van der Waals surface area (Å²) >= 11 is 0. The summed E-state index contributed by atoms with van der Waals surface area (Å²) in [6, 6.07) is 11.6. The molecule has 0 aromatic heterocycles. The van der Waals surface area contributed by atoms with Gasteiger partial charge in [-0.15, -0.1) is 0 Å². The van der Waals surface area contributed by atoms with E-state index in [1.807, 2.05) is 34.0 Å². The predicted molar refractivity (Wildman–Crippen MR) is 118 cm³/mol. The molecule has 0 aliphatic heterocycles. The number of carbonyl (C=O) groups excluding carboxylic acids is 1. The van der Waals surface area contributed by atoms with Crippen molar-refractivity contribution in [3.63, 3.8) is 0 Å². The highest BCUT2D eigenvalue weighted by molar-refractivity contribution is 7.92. The number of hydrogen-bond acceptors (Lipinski definition) is 4. The van der Waals surface area contributed by atoms with Crippen LogP contribution in [0.25, 0.3) is 0 Å². The van der Waals surface area contributed by atoms with Crippen LogP contribution in [0.3, 0.4) is 0 Å². The van der Waals surface area contributed by atoms with Crippen LogP contribution in [0, 0.1) is 19.8 Å². The molecule has 0 aliphatic rings. The van der Waals surface area contributed by atoms with Crippen LogP contribution >= 0.6 is 0 Å². The average Bonchev–Trinajstić information content (AvgIpc) is 2.64. The molecule has 0 saturated heterocycles. The van der Waals surface area contributed by atoms with Crippen molar-refractivity contribution in [3.8, 4) is 0 Å². The zero-order valence-electron chi connectivity index (χ0n) is 18.0. The van der Waals surface area contributed by atoms with Gasteiger partial charge >= 0.3 is 0 Å². The highest BCUT2D eigenvalue weighted by Gasteiger charge is 2.18. The van der Waals surface area contributed by atoms with Crippen molar-refractivity contribution >= 4 is 21.6 Å². The zero-order chi connectivity index (χ0) is 21.8. The standard InChI is InChI=1S/C22H31N3O3S/c1-15(2)21(25(5)6)14-23-22(26)18-8-11-20(12-9-18)29(27,28)24-19-10-7-16(3)17(4)13-19/h7-13,15,21,24H,14H2,1-6H3,(H,23,26)/t21-/m0/s1. The second kappa shape index (κ2) is 9.41. The van der Waals surface area contributed by atoms with Gasteiger partial charge < -0.3 is 10.2 Å². The van der Waals surface area contributed by atoms with E-state index in [4.69, 9.17) is 0 Å². The van der Waals surface area contributed by atoms with E-state index in [0.717, 1.165) is 11.1 Å². The van der Waals surface area contributed by atoms with Gasteiger partial charge in [-0.2, -0.15) is 0 Å². The van der Waals surface area contributed by atoms with Crippen LogP contribution in [0.4, 0.5) is 5.69 Å². The molecular formula is C22H31N3O3S. The molecule has 29 heavy (non-hydrogen) atoms. The Bertz CT molecular complexity index is 944. The molecule has 0 unspecified atom stereocenters. The number of benzene rings is 2. The van der Waals surface area contributed by atoms with Gasteiger partial charge in [-0.3, -0.25) is 9.52 Å². The second-order valence-corrected chi connectivity index (χ2v) is 9.60. The highest BCUT2D eigenvalue weighted by atomic mass is 32.2. The molecule has 2 aromatic rings. The Kier molecular flexibility index (Phi) is 7.43. The van der Waals surface area contributed by atoms with Crippen molar-refractivity contribution in [2.24, 2.45) is 5.92 Å². The third kappa shape index (κ3) is 6.05. The van der Waals surface area contributed by atoms with Gasteiger partial charge in [0.25, 0.3) is 15.9 Å². The molecule has 0 bridgehead atoms. The second-order valence-electron chi connectivity index (χ2n) is 7.91. The zero-order valence-corrected chi connectivity index (χ0v) is 18.8. The molecular weight excluding hydrogens is 386 g/mol. The lowest BCUT2D eigenvalue weighted by atomic mass is 10.0. The van der Waals surface area contributed by atoms with Crippen LogP contribution in [0.1, 0.15) is 35.3 Å². The van der Waals surface area contributed by atoms with E-state index in [2.05, 4.69) is 28.8 Å². The lowest BCUT2D eigenvalue weighted by Gasteiger charge is -2.28. The van der Waals surface area contributed by atoms with E-state index in [0.29, 0.717) is 23.7 Å². The monoisotopic (exact) mass is 417 g/mol. The Morgan fingerprint density at radius 2 is 1.62 bits per heavy atom. The molecule has 2 aromatic carbocycles. The van der Waals surface area contributed by atoms with E-state index in [1.165, 1.54) is 24.3 Å². The van der Waals surface area contributed by atoms with Gasteiger partial charge in [0, 0.05) is 23.8 Å². The largest absolute Gasteiger partial charge is 0.350 e. The summed E-state index contributed by atoms with van der Waals surface area (Å²) in [5.41, 5.74) is 3.04. The smallest absolute Gasteiger partial charge is 0.261 e. The van der Waals surface area contributed by atoms with Gasteiger partial charge in [-0.05, 0) is 81.4 Å². The summed E-state index contributed by atoms with van der Waals surface area (Å²) < 4.78 is 27.8. The van der Waals surface area contributed by atoms with Gasteiger partial charge in [0.2, 0.25) is 0 Å². The quantitative estimate of drug-likeness (QED) is 0.690. The highest BCUT2D eigenvalue weighted by Crippen LogP contribution is 2.19. The number of nitrogens with zero attached hydrogens (tertiary/aromatic N) is 1. The lowest BCUT2D eigenvalue weighted by molar-refractivity contribution is 0.0934. The van der Waals surface area contributed by atoms with Crippen LogP contribution in [0.15, 0.2) is 47.4 Å². The minimum atomic E-state index is -3.72. The topological polar surface area (TPSA) is 78.5 Å². The van der Waals surface area contributed by atoms with E-state index in [1.54, 1.807) is 12.1 Å². The molecule has 0 saturated carbocycles. The van der Waals surface area contributed by atoms with E-state index in [9.17, 15) is 13.2 Å². The Balaban J connectivity index is 2.08. The molecule has 0 radical (unpaired) electrons. The van der Waals surface area contributed by atoms with E-state index < -0.39 is 10.0 Å². The molecule has 0 fully saturated rings. The van der Waals surface area contributed by atoms with Gasteiger partial charge in [0.15, 0.2) is 0 Å². The van der Waals surface area contributed by atoms with Crippen LogP contribution in [-0.2, 0) is 10.0 Å². The number of rotatable bonds is 8. The molecule has 2 rings (SSSR count). The molecule has 6 nitrogen and oxygen atoms in total. The van der Waals surface area contributed by atoms with Crippen molar-refractivity contribution < 1.29 is 13.2 Å². The minimum absolute atomic E-state index is 0.112. The third-order valence-corrected chi connectivity index (χ3v) is 6.49. The summed E-state index contributed by atoms with van der Waals surface area (Å²) in [6.45, 7) is 8.65. The fraction of sp³-hybridized carbons (Fsp3) is 0.409. The molecule has 1 amide bonds. The summed E-state index contributed by atoms with van der Waals surface area (Å²) in [4.78, 5) is 14.6. The first-order valence-corrected chi connectivity index (χ1v) is 11.1. The number of aryl methyl sites for hydroxylation is 2. The molecule has 7 heteroatoms. The first-order chi connectivity index (χ1) is 13.5. The number of amides is 1. The molecule has 2 N–H and O–H groups in total. The number of sulfonamides is 1. The normalized spacial score (nSPS) is 12.8. The molecule has 1 atom stereocenters. The maximum absolute atomic E-state index is 12.6. The first-order valence-electron chi connectivity index (χ1n) is 9.66. The summed E-state index contributed by atoms with van der Waals surface area (Å²) in [5, 5.41) is 2.93. The Labute approximate surface area is 174 Å². The maximum atomic E-state index is 12.6. The lowest BCUT2D eigenvalue weighted by Crippen LogP contribution is -2.43. The Hall–Kier alpha value is -2.38. The van der Waals surface area contributed by atoms with Gasteiger partial charge in [0.1, 0.15) is 0 Å². The van der Waals surface area contributed by atoms with Gasteiger partial charge in [0.05, 0.1) is 4.90 Å². The maximum Gasteiger partial charge on any atom is 0.261 e. The van der Waals surface area contributed by atoms with E-state index >= 15 is 0 Å². The number of hydrogen-bond donors (Lipinski definition) is 2. The van der Waals surface area contributed by atoms with Gasteiger partial charge in [-0.25, -0.2) is 8.42 Å². The fourth-order valence-electron chi connectivity index (χ4n) is 3.12. The first kappa shape index (κ1) is 22.9. The summed E-state index contributed by atoms with van der Waals surface area (Å²) in [5.74, 6) is 0.179. The fourth-order valence-corrected chi connectivity index (χ4v) is 4.17. The number of carbonyl (C=O) groups is 1. The van der Waals surface area contributed by atoms with Crippen molar-refractivity contribution in [2.45, 2.75) is 38.6 Å². The number of anilines is 1. The Morgan fingerprint density at radius 3 is 2.14 bits per heavy atom. The van der Waals surface area contributed by atoms with Crippen molar-refractivity contribution in [1.82, 2.24) is 10.2 Å². The van der Waals surface area contributed by atoms with Crippen LogP contribution in [0.5, 0.6) is 0 Å². The molecule has 0 aliphatic carbocycles. The van der Waals surface area contributed by atoms with Crippen molar-refractivity contribution in [1.29, 1.82) is 0 Å². The number of likely N-dealkylation sites (N-methyl/N-ethyl adjacent to an activating group) is 1. The van der Waals surface area contributed by atoms with Gasteiger partial charge in [-0.1, -0.05) is 19.9 Å². The molecule has 0 spiro atoms. The SMILES string of the molecule is Cc1ccc(NS(=O)(=O)c2ccc(C(=O)NC[C@@H](C(C)C)N(C)C)cc2)cc1C. The molecule has 0 heterocycles. The van der Waals surface area contributed by atoms with Crippen LogP contribution < -0.4 is 10.0 Å². The van der Waals surface area contributed by atoms with Crippen molar-refractivity contribution in [2.75, 3.05) is 25.4 Å².